The topological polar surface area (TPSA) is 79.7 Å². The Kier molecular flexibility index (Phi) is 6.58. The van der Waals surface area contributed by atoms with Crippen LogP contribution in [0.2, 0.25) is 0 Å². The first-order valence-electron chi connectivity index (χ1n) is 11.7. The average Bonchev–Trinajstić information content (AvgIpc) is 3.26. The summed E-state index contributed by atoms with van der Waals surface area (Å²) in [7, 11) is -2.98. The van der Waals surface area contributed by atoms with Gasteiger partial charge in [0.15, 0.2) is 15.6 Å². The Bertz CT molecular complexity index is 938. The summed E-state index contributed by atoms with van der Waals surface area (Å²) in [5.74, 6) is 0.874. The molecular formula is C23H35N3O4S. The van der Waals surface area contributed by atoms with Crippen molar-refractivity contribution in [2.75, 3.05) is 44.2 Å². The Hall–Kier alpha value is -1.67. The second-order valence-electron chi connectivity index (χ2n) is 9.57. The molecule has 3 fully saturated rings. The predicted octanol–water partition coefficient (Wildman–Crippen LogP) is 2.37. The highest BCUT2D eigenvalue weighted by molar-refractivity contribution is 7.91. The molecule has 0 aromatic carbocycles. The molecule has 1 amide bonds. The van der Waals surface area contributed by atoms with Gasteiger partial charge in [0.05, 0.1) is 18.1 Å². The van der Waals surface area contributed by atoms with Crippen LogP contribution in [0.3, 0.4) is 0 Å². The minimum absolute atomic E-state index is 0.0666. The summed E-state index contributed by atoms with van der Waals surface area (Å²) >= 11 is 0. The van der Waals surface area contributed by atoms with E-state index in [9.17, 15) is 18.0 Å². The second kappa shape index (κ2) is 9.06. The molecule has 3 aliphatic heterocycles. The Morgan fingerprint density at radius 3 is 2.29 bits per heavy atom. The van der Waals surface area contributed by atoms with E-state index in [2.05, 4.69) is 4.90 Å². The Labute approximate surface area is 185 Å². The lowest BCUT2D eigenvalue weighted by molar-refractivity contribution is -0.137. The zero-order valence-electron chi connectivity index (χ0n) is 18.8. The van der Waals surface area contributed by atoms with Crippen molar-refractivity contribution in [3.05, 3.63) is 23.0 Å². The summed E-state index contributed by atoms with van der Waals surface area (Å²) in [5, 5.41) is 0. The monoisotopic (exact) mass is 449 g/mol. The van der Waals surface area contributed by atoms with E-state index in [1.165, 1.54) is 6.42 Å². The van der Waals surface area contributed by atoms with Crippen molar-refractivity contribution in [2.45, 2.75) is 58.4 Å². The number of carbonyl (C=O) groups excluding carboxylic acids is 2. The number of Topliss-reactive ketones (excluding diaryl/α,β-unsaturated/α-hetero) is 1. The summed E-state index contributed by atoms with van der Waals surface area (Å²) in [6.07, 6.45) is 5.71. The first kappa shape index (κ1) is 22.5. The fourth-order valence-corrected chi connectivity index (χ4v) is 7.30. The van der Waals surface area contributed by atoms with Crippen molar-refractivity contribution in [1.82, 2.24) is 14.4 Å². The van der Waals surface area contributed by atoms with Gasteiger partial charge in [-0.05, 0) is 71.5 Å². The summed E-state index contributed by atoms with van der Waals surface area (Å²) in [5.41, 5.74) is 2.53. The van der Waals surface area contributed by atoms with Gasteiger partial charge in [-0.2, -0.15) is 0 Å². The molecule has 0 N–H and O–H groups in total. The molecule has 8 heteroatoms. The standard InChI is InChI=1S/C23H35N3O4S/c1-17-14-21(18(2)26(17)20-8-13-31(29,30)16-20)22(27)15-24-11-6-19(7-12-24)23(28)25-9-4-3-5-10-25/h14,19-20H,3-13,15-16H2,1-2H3. The van der Waals surface area contributed by atoms with Gasteiger partial charge < -0.3 is 9.47 Å². The average molecular weight is 450 g/mol. The van der Waals surface area contributed by atoms with Crippen molar-refractivity contribution in [2.24, 2.45) is 5.92 Å². The lowest BCUT2D eigenvalue weighted by atomic mass is 9.94. The largest absolute Gasteiger partial charge is 0.344 e. The van der Waals surface area contributed by atoms with Crippen LogP contribution in [0.5, 0.6) is 0 Å². The number of aryl methyl sites for hydroxylation is 1. The molecule has 3 aliphatic rings. The molecule has 7 nitrogen and oxygen atoms in total. The number of hydrogen-bond donors (Lipinski definition) is 0. The van der Waals surface area contributed by atoms with Gasteiger partial charge in [0.25, 0.3) is 0 Å². The third kappa shape index (κ3) is 4.90. The van der Waals surface area contributed by atoms with E-state index in [0.717, 1.165) is 63.3 Å². The number of likely N-dealkylation sites (tertiary alicyclic amines) is 2. The van der Waals surface area contributed by atoms with Gasteiger partial charge in [0, 0.05) is 42.0 Å². The van der Waals surface area contributed by atoms with Crippen LogP contribution in [0.15, 0.2) is 6.07 Å². The van der Waals surface area contributed by atoms with E-state index >= 15 is 0 Å². The molecule has 0 radical (unpaired) electrons. The Morgan fingerprint density at radius 1 is 1.00 bits per heavy atom. The Balaban J connectivity index is 1.34. The molecule has 1 unspecified atom stereocenters. The van der Waals surface area contributed by atoms with Crippen LogP contribution in [0.25, 0.3) is 0 Å². The molecule has 0 aliphatic carbocycles. The van der Waals surface area contributed by atoms with Gasteiger partial charge in [0.1, 0.15) is 0 Å². The second-order valence-corrected chi connectivity index (χ2v) is 11.8. The molecule has 4 rings (SSSR count). The van der Waals surface area contributed by atoms with Crippen LogP contribution in [0.1, 0.15) is 66.3 Å². The number of sulfone groups is 1. The quantitative estimate of drug-likeness (QED) is 0.645. The van der Waals surface area contributed by atoms with Crippen molar-refractivity contribution in [1.29, 1.82) is 0 Å². The molecule has 0 saturated carbocycles. The molecule has 1 aromatic rings. The fourth-order valence-electron chi connectivity index (χ4n) is 5.60. The minimum Gasteiger partial charge on any atom is -0.344 e. The minimum atomic E-state index is -2.98. The summed E-state index contributed by atoms with van der Waals surface area (Å²) in [6.45, 7) is 7.58. The van der Waals surface area contributed by atoms with Crippen molar-refractivity contribution < 1.29 is 18.0 Å². The first-order valence-corrected chi connectivity index (χ1v) is 13.5. The zero-order valence-corrected chi connectivity index (χ0v) is 19.6. The number of ketones is 1. The smallest absolute Gasteiger partial charge is 0.225 e. The summed E-state index contributed by atoms with van der Waals surface area (Å²) in [6, 6.07) is 1.85. The third-order valence-electron chi connectivity index (χ3n) is 7.33. The van der Waals surface area contributed by atoms with E-state index in [4.69, 9.17) is 0 Å². The molecule has 172 valence electrons. The maximum absolute atomic E-state index is 13.1. The SMILES string of the molecule is Cc1cc(C(=O)CN2CCC(C(=O)N3CCCCC3)CC2)c(C)n1C1CCS(=O)(=O)C1. The van der Waals surface area contributed by atoms with E-state index in [1.54, 1.807) is 0 Å². The number of hydrogen-bond acceptors (Lipinski definition) is 5. The third-order valence-corrected chi connectivity index (χ3v) is 9.08. The molecule has 4 heterocycles. The van der Waals surface area contributed by atoms with Crippen LogP contribution < -0.4 is 0 Å². The van der Waals surface area contributed by atoms with E-state index in [1.807, 2.05) is 29.4 Å². The molecule has 0 bridgehead atoms. The molecule has 1 aromatic heterocycles. The van der Waals surface area contributed by atoms with Gasteiger partial charge in [-0.25, -0.2) is 8.42 Å². The van der Waals surface area contributed by atoms with Crippen LogP contribution in [0.4, 0.5) is 0 Å². The molecule has 1 atom stereocenters. The van der Waals surface area contributed by atoms with Crippen LogP contribution in [-0.2, 0) is 14.6 Å². The highest BCUT2D eigenvalue weighted by atomic mass is 32.2. The van der Waals surface area contributed by atoms with Gasteiger partial charge in [-0.1, -0.05) is 0 Å². The number of carbonyl (C=O) groups is 2. The van der Waals surface area contributed by atoms with Crippen LogP contribution >= 0.6 is 0 Å². The summed E-state index contributed by atoms with van der Waals surface area (Å²) in [4.78, 5) is 30.0. The van der Waals surface area contributed by atoms with Crippen LogP contribution in [0, 0.1) is 19.8 Å². The van der Waals surface area contributed by atoms with Gasteiger partial charge in [0.2, 0.25) is 5.91 Å². The normalized spacial score (nSPS) is 25.1. The van der Waals surface area contributed by atoms with E-state index in [-0.39, 0.29) is 29.2 Å². The lowest BCUT2D eigenvalue weighted by Gasteiger charge is -2.35. The highest BCUT2D eigenvalue weighted by Gasteiger charge is 2.33. The van der Waals surface area contributed by atoms with E-state index in [0.29, 0.717) is 24.4 Å². The Morgan fingerprint density at radius 2 is 1.68 bits per heavy atom. The fraction of sp³-hybridized carbons (Fsp3) is 0.739. The van der Waals surface area contributed by atoms with Gasteiger partial charge >= 0.3 is 0 Å². The molecule has 31 heavy (non-hydrogen) atoms. The summed E-state index contributed by atoms with van der Waals surface area (Å²) < 4.78 is 25.8. The van der Waals surface area contributed by atoms with Crippen molar-refractivity contribution >= 4 is 21.5 Å². The number of piperidine rings is 2. The van der Waals surface area contributed by atoms with E-state index < -0.39 is 9.84 Å². The maximum atomic E-state index is 13.1. The molecule has 0 spiro atoms. The number of nitrogens with zero attached hydrogens (tertiary/aromatic N) is 3. The number of aromatic nitrogens is 1. The van der Waals surface area contributed by atoms with Gasteiger partial charge in [-0.3, -0.25) is 14.5 Å². The van der Waals surface area contributed by atoms with Gasteiger partial charge in [-0.15, -0.1) is 0 Å². The lowest BCUT2D eigenvalue weighted by Crippen LogP contribution is -2.45. The molecular weight excluding hydrogens is 414 g/mol. The predicted molar refractivity (Wildman–Crippen MR) is 120 cm³/mol. The number of amides is 1. The maximum Gasteiger partial charge on any atom is 0.225 e. The number of rotatable bonds is 5. The van der Waals surface area contributed by atoms with Crippen molar-refractivity contribution in [3.63, 3.8) is 0 Å². The van der Waals surface area contributed by atoms with Crippen LogP contribution in [-0.4, -0.2) is 78.7 Å². The highest BCUT2D eigenvalue weighted by Crippen LogP contribution is 2.30. The zero-order chi connectivity index (χ0) is 22.2. The first-order chi connectivity index (χ1) is 14.7. The molecule has 3 saturated heterocycles. The van der Waals surface area contributed by atoms with Crippen molar-refractivity contribution in [3.8, 4) is 0 Å².